The third kappa shape index (κ3) is 5.65. The van der Waals surface area contributed by atoms with Crippen LogP contribution in [-0.2, 0) is 11.3 Å². The van der Waals surface area contributed by atoms with Crippen molar-refractivity contribution in [2.45, 2.75) is 18.9 Å². The molecule has 0 radical (unpaired) electrons. The standard InChI is InChI=1S/C22H28N4O2/c23-13-19-15-26(16-20(19)18-9-5-2-6-10-18)12-11-21(27)25-22(28)24-14-17-7-3-1-4-8-17/h1-10,19-20H,11-16,23H2,(H2,24,25,27,28)/t19-,20+/m1/s1. The summed E-state index contributed by atoms with van der Waals surface area (Å²) in [6, 6.07) is 19.5. The van der Waals surface area contributed by atoms with E-state index in [-0.39, 0.29) is 12.3 Å². The van der Waals surface area contributed by atoms with Gasteiger partial charge in [-0.05, 0) is 23.6 Å². The molecule has 0 saturated carbocycles. The maximum Gasteiger partial charge on any atom is 0.321 e. The monoisotopic (exact) mass is 380 g/mol. The van der Waals surface area contributed by atoms with E-state index in [9.17, 15) is 9.59 Å². The molecule has 0 aliphatic carbocycles. The number of nitrogens with zero attached hydrogens (tertiary/aromatic N) is 1. The van der Waals surface area contributed by atoms with E-state index in [1.165, 1.54) is 5.56 Å². The van der Waals surface area contributed by atoms with Crippen molar-refractivity contribution in [3.8, 4) is 0 Å². The van der Waals surface area contributed by atoms with Crippen LogP contribution in [0.15, 0.2) is 60.7 Å². The summed E-state index contributed by atoms with van der Waals surface area (Å²) in [5.41, 5.74) is 8.25. The van der Waals surface area contributed by atoms with E-state index in [1.54, 1.807) is 0 Å². The van der Waals surface area contributed by atoms with Crippen LogP contribution in [0.5, 0.6) is 0 Å². The quantitative estimate of drug-likeness (QED) is 0.686. The van der Waals surface area contributed by atoms with Gasteiger partial charge >= 0.3 is 6.03 Å². The number of nitrogens with one attached hydrogen (secondary N) is 2. The number of urea groups is 1. The van der Waals surface area contributed by atoms with Crippen LogP contribution in [0.2, 0.25) is 0 Å². The second kappa shape index (κ2) is 10.0. The zero-order valence-electron chi connectivity index (χ0n) is 16.0. The van der Waals surface area contributed by atoms with Crippen molar-refractivity contribution in [3.05, 3.63) is 71.8 Å². The molecule has 2 atom stereocenters. The number of hydrogen-bond acceptors (Lipinski definition) is 4. The van der Waals surface area contributed by atoms with Gasteiger partial charge in [0.1, 0.15) is 0 Å². The molecule has 0 spiro atoms. The zero-order chi connectivity index (χ0) is 19.8. The lowest BCUT2D eigenvalue weighted by molar-refractivity contribution is -0.120. The Morgan fingerprint density at radius 1 is 1.00 bits per heavy atom. The summed E-state index contributed by atoms with van der Waals surface area (Å²) in [4.78, 5) is 26.2. The average molecular weight is 380 g/mol. The van der Waals surface area contributed by atoms with Crippen molar-refractivity contribution in [2.24, 2.45) is 11.7 Å². The zero-order valence-corrected chi connectivity index (χ0v) is 16.0. The van der Waals surface area contributed by atoms with E-state index in [1.807, 2.05) is 48.5 Å². The molecule has 3 rings (SSSR count). The molecule has 6 nitrogen and oxygen atoms in total. The third-order valence-corrected chi connectivity index (χ3v) is 5.25. The van der Waals surface area contributed by atoms with Crippen LogP contribution in [0.25, 0.3) is 0 Å². The van der Waals surface area contributed by atoms with E-state index < -0.39 is 6.03 Å². The molecule has 0 unspecified atom stereocenters. The minimum Gasteiger partial charge on any atom is -0.334 e. The van der Waals surface area contributed by atoms with E-state index in [0.29, 0.717) is 31.5 Å². The number of rotatable bonds is 7. The molecule has 28 heavy (non-hydrogen) atoms. The summed E-state index contributed by atoms with van der Waals surface area (Å²) in [6.07, 6.45) is 0.289. The van der Waals surface area contributed by atoms with Crippen LogP contribution in [0.4, 0.5) is 4.79 Å². The van der Waals surface area contributed by atoms with Crippen molar-refractivity contribution in [3.63, 3.8) is 0 Å². The van der Waals surface area contributed by atoms with Gasteiger partial charge in [-0.2, -0.15) is 0 Å². The van der Waals surface area contributed by atoms with Gasteiger partial charge in [0, 0.05) is 38.5 Å². The van der Waals surface area contributed by atoms with Gasteiger partial charge in [-0.25, -0.2) is 4.79 Å². The van der Waals surface area contributed by atoms with Crippen LogP contribution in [0, 0.1) is 5.92 Å². The number of imide groups is 1. The summed E-state index contributed by atoms with van der Waals surface area (Å²) in [6.45, 7) is 3.41. The molecule has 6 heteroatoms. The van der Waals surface area contributed by atoms with Gasteiger partial charge in [0.05, 0.1) is 0 Å². The predicted molar refractivity (Wildman–Crippen MR) is 110 cm³/mol. The van der Waals surface area contributed by atoms with E-state index >= 15 is 0 Å². The van der Waals surface area contributed by atoms with Crippen molar-refractivity contribution in [1.82, 2.24) is 15.5 Å². The number of benzene rings is 2. The Hall–Kier alpha value is -2.70. The van der Waals surface area contributed by atoms with Crippen molar-refractivity contribution < 1.29 is 9.59 Å². The lowest BCUT2D eigenvalue weighted by Gasteiger charge is -2.16. The minimum absolute atomic E-state index is 0.266. The molecule has 2 aromatic rings. The molecule has 2 aromatic carbocycles. The molecule has 1 aliphatic rings. The van der Waals surface area contributed by atoms with Crippen LogP contribution in [0.3, 0.4) is 0 Å². The number of hydrogen-bond donors (Lipinski definition) is 3. The van der Waals surface area contributed by atoms with Gasteiger partial charge in [-0.3, -0.25) is 10.1 Å². The van der Waals surface area contributed by atoms with Crippen LogP contribution in [0.1, 0.15) is 23.5 Å². The lowest BCUT2D eigenvalue weighted by Crippen LogP contribution is -2.40. The first-order valence-electron chi connectivity index (χ1n) is 9.74. The lowest BCUT2D eigenvalue weighted by atomic mass is 9.89. The SMILES string of the molecule is NC[C@@H]1CN(CCC(=O)NC(=O)NCc2ccccc2)C[C@H]1c1ccccc1. The molecule has 1 heterocycles. The number of nitrogens with two attached hydrogens (primary N) is 1. The second-order valence-corrected chi connectivity index (χ2v) is 7.24. The third-order valence-electron chi connectivity index (χ3n) is 5.25. The fourth-order valence-corrected chi connectivity index (χ4v) is 3.73. The van der Waals surface area contributed by atoms with Gasteiger partial charge in [-0.15, -0.1) is 0 Å². The molecule has 3 amide bonds. The Morgan fingerprint density at radius 3 is 2.36 bits per heavy atom. The van der Waals surface area contributed by atoms with Gasteiger partial charge in [-0.1, -0.05) is 60.7 Å². The number of likely N-dealkylation sites (tertiary alicyclic amines) is 1. The summed E-state index contributed by atoms with van der Waals surface area (Å²) in [5, 5.41) is 5.10. The Balaban J connectivity index is 1.41. The number of amides is 3. The van der Waals surface area contributed by atoms with Gasteiger partial charge < -0.3 is 16.0 Å². The van der Waals surface area contributed by atoms with Crippen LogP contribution < -0.4 is 16.4 Å². The van der Waals surface area contributed by atoms with E-state index in [2.05, 4.69) is 27.7 Å². The summed E-state index contributed by atoms with van der Waals surface area (Å²) in [5.74, 6) is 0.515. The Labute approximate surface area is 166 Å². The Bertz CT molecular complexity index is 767. The van der Waals surface area contributed by atoms with Gasteiger partial charge in [0.2, 0.25) is 5.91 Å². The molecule has 148 valence electrons. The number of carbonyl (C=O) groups is 2. The summed E-state index contributed by atoms with van der Waals surface area (Å²) >= 11 is 0. The first-order valence-corrected chi connectivity index (χ1v) is 9.74. The molecule has 4 N–H and O–H groups in total. The highest BCUT2D eigenvalue weighted by Crippen LogP contribution is 2.31. The fraction of sp³-hybridized carbons (Fsp3) is 0.364. The normalized spacial score (nSPS) is 19.3. The molecular weight excluding hydrogens is 352 g/mol. The summed E-state index contributed by atoms with van der Waals surface area (Å²) < 4.78 is 0. The molecular formula is C22H28N4O2. The first-order chi connectivity index (χ1) is 13.7. The minimum atomic E-state index is -0.461. The van der Waals surface area contributed by atoms with E-state index in [4.69, 9.17) is 5.73 Å². The molecule has 1 aliphatic heterocycles. The highest BCUT2D eigenvalue weighted by Gasteiger charge is 2.32. The van der Waals surface area contributed by atoms with Crippen LogP contribution >= 0.6 is 0 Å². The van der Waals surface area contributed by atoms with Crippen LogP contribution in [-0.4, -0.2) is 43.0 Å². The smallest absolute Gasteiger partial charge is 0.321 e. The molecule has 0 bridgehead atoms. The maximum atomic E-state index is 12.1. The Morgan fingerprint density at radius 2 is 1.68 bits per heavy atom. The van der Waals surface area contributed by atoms with Gasteiger partial charge in [0.15, 0.2) is 0 Å². The average Bonchev–Trinajstić information content (AvgIpc) is 3.16. The predicted octanol–water partition coefficient (Wildman–Crippen LogP) is 2.08. The molecule has 1 saturated heterocycles. The first kappa shape index (κ1) is 20.0. The van der Waals surface area contributed by atoms with E-state index in [0.717, 1.165) is 18.7 Å². The Kier molecular flexibility index (Phi) is 7.17. The molecule has 0 aromatic heterocycles. The molecule has 1 fully saturated rings. The number of carbonyl (C=O) groups excluding carboxylic acids is 2. The van der Waals surface area contributed by atoms with Crippen molar-refractivity contribution in [1.29, 1.82) is 0 Å². The maximum absolute atomic E-state index is 12.1. The summed E-state index contributed by atoms with van der Waals surface area (Å²) in [7, 11) is 0. The van der Waals surface area contributed by atoms with Gasteiger partial charge in [0.25, 0.3) is 0 Å². The highest BCUT2D eigenvalue weighted by molar-refractivity contribution is 5.94. The fourth-order valence-electron chi connectivity index (χ4n) is 3.73. The highest BCUT2D eigenvalue weighted by atomic mass is 16.2. The van der Waals surface area contributed by atoms with Crippen molar-refractivity contribution >= 4 is 11.9 Å². The largest absolute Gasteiger partial charge is 0.334 e. The second-order valence-electron chi connectivity index (χ2n) is 7.24. The topological polar surface area (TPSA) is 87.5 Å². The van der Waals surface area contributed by atoms with Crippen molar-refractivity contribution in [2.75, 3.05) is 26.2 Å².